The molecule has 0 spiro atoms. The highest BCUT2D eigenvalue weighted by Gasteiger charge is 2.50. The van der Waals surface area contributed by atoms with Crippen LogP contribution in [0.1, 0.15) is 59.6 Å². The fourth-order valence-corrected chi connectivity index (χ4v) is 8.93. The lowest BCUT2D eigenvalue weighted by atomic mass is 9.87. The van der Waals surface area contributed by atoms with Crippen molar-refractivity contribution in [1.82, 2.24) is 30.2 Å². The summed E-state index contributed by atoms with van der Waals surface area (Å²) < 4.78 is 62.2. The summed E-state index contributed by atoms with van der Waals surface area (Å²) in [5.74, 6) is -2.47. The molecule has 348 valence electrons. The third-order valence-electron chi connectivity index (χ3n) is 8.46. The second-order valence-electron chi connectivity index (χ2n) is 14.4. The number of aliphatic carboxylic acids is 1. The van der Waals surface area contributed by atoms with Gasteiger partial charge in [-0.05, 0) is 32.8 Å². The minimum absolute atomic E-state index is 0.0191. The molecule has 11 N–H and O–H groups in total. The monoisotopic (exact) mass is 961 g/mol. The van der Waals surface area contributed by atoms with Gasteiger partial charge in [-0.3, -0.25) is 37.3 Å². The molecule has 0 aliphatic carbocycles. The minimum atomic E-state index is -5.60. The maximum absolute atomic E-state index is 12.7. The molecule has 7 atom stereocenters. The number of hydrogen-bond acceptors (Lipinski definition) is 19. The van der Waals surface area contributed by atoms with Gasteiger partial charge in [-0.25, -0.2) is 28.6 Å². The number of phosphoric acid groups is 3. The molecule has 2 aromatic rings. The Balaban J connectivity index is 1.45. The van der Waals surface area contributed by atoms with Crippen LogP contribution in [0.4, 0.5) is 5.82 Å². The van der Waals surface area contributed by atoms with Crippen LogP contribution in [0.15, 0.2) is 36.0 Å². The van der Waals surface area contributed by atoms with Gasteiger partial charge in [-0.2, -0.15) is 4.31 Å². The zero-order valence-electron chi connectivity index (χ0n) is 33.7. The molecule has 0 bridgehead atoms. The number of imidazole rings is 1. The molecule has 1 fully saturated rings. The molecule has 1 saturated heterocycles. The number of thioether (sulfide) groups is 1. The second kappa shape index (κ2) is 22.9. The summed E-state index contributed by atoms with van der Waals surface area (Å²) >= 11 is 0.881. The Morgan fingerprint density at radius 3 is 2.35 bits per heavy atom. The van der Waals surface area contributed by atoms with Gasteiger partial charge in [0.05, 0.1) is 26.0 Å². The molecule has 26 nitrogen and oxygen atoms in total. The van der Waals surface area contributed by atoms with Crippen LogP contribution in [0.3, 0.4) is 0 Å². The number of carboxylic acids is 1. The van der Waals surface area contributed by atoms with Crippen molar-refractivity contribution in [3.63, 3.8) is 0 Å². The van der Waals surface area contributed by atoms with Crippen molar-refractivity contribution in [3.8, 4) is 0 Å². The summed E-state index contributed by atoms with van der Waals surface area (Å²) in [6.07, 6.45) is -3.18. The van der Waals surface area contributed by atoms with E-state index < -0.39 is 90.5 Å². The third-order valence-corrected chi connectivity index (χ3v) is 12.4. The number of ether oxygens (including phenoxy) is 1. The molecule has 30 heteroatoms. The van der Waals surface area contributed by atoms with Gasteiger partial charge in [0.25, 0.3) is 0 Å². The number of rotatable bonds is 25. The summed E-state index contributed by atoms with van der Waals surface area (Å²) in [7, 11) is -16.5. The van der Waals surface area contributed by atoms with Crippen LogP contribution in [0, 0.1) is 5.41 Å². The Kier molecular flexibility index (Phi) is 19.5. The molecule has 62 heavy (non-hydrogen) atoms. The lowest BCUT2D eigenvalue weighted by Gasteiger charge is -2.30. The number of aliphatic hydroxyl groups is 2. The quantitative estimate of drug-likeness (QED) is 0.0285. The summed E-state index contributed by atoms with van der Waals surface area (Å²) in [5, 5.41) is 35.1. The smallest absolute Gasteiger partial charge is 0.481 e. The van der Waals surface area contributed by atoms with Gasteiger partial charge in [-0.1, -0.05) is 42.8 Å². The van der Waals surface area contributed by atoms with Gasteiger partial charge in [0, 0.05) is 30.7 Å². The topological polar surface area (TPSA) is 401 Å². The number of nitrogens with zero attached hydrogens (tertiary/aromatic N) is 4. The second-order valence-corrected chi connectivity index (χ2v) is 19.8. The largest absolute Gasteiger partial charge is 0.481 e. The Morgan fingerprint density at radius 2 is 1.71 bits per heavy atom. The van der Waals surface area contributed by atoms with Crippen molar-refractivity contribution >= 4 is 75.1 Å². The number of nitrogens with two attached hydrogens (primary N) is 1. The molecule has 3 heterocycles. The van der Waals surface area contributed by atoms with Gasteiger partial charge in [0.1, 0.15) is 36.3 Å². The molecule has 3 rings (SSSR count). The number of nitrogens with one attached hydrogen (secondary N) is 2. The van der Waals surface area contributed by atoms with Crippen LogP contribution in [0.5, 0.6) is 0 Å². The van der Waals surface area contributed by atoms with Crippen molar-refractivity contribution in [1.29, 1.82) is 0 Å². The molecular formula is C32H50N7O19P3S. The Hall–Kier alpha value is -3.49. The third kappa shape index (κ3) is 17.2. The first-order valence-corrected chi connectivity index (χ1v) is 23.8. The number of nitrogen functional groups attached to an aromatic ring is 1. The number of allylic oxidation sites excluding steroid dienone is 2. The lowest BCUT2D eigenvalue weighted by molar-refractivity contribution is -0.137. The average molecular weight is 962 g/mol. The zero-order valence-corrected chi connectivity index (χ0v) is 37.2. The first kappa shape index (κ1) is 52.9. The van der Waals surface area contributed by atoms with E-state index in [1.165, 1.54) is 19.9 Å². The number of aromatic nitrogens is 4. The summed E-state index contributed by atoms with van der Waals surface area (Å²) in [6.45, 7) is 4.01. The van der Waals surface area contributed by atoms with Crippen LogP contribution < -0.4 is 16.4 Å². The standard InChI is InChI=1S/C32H50N7O19P3S/c1-18(2)6-5-7-19(12-22(41)42)13-23(43)62-11-10-34-21(40)8-9-35-30(46)27(45)32(3,4)15-55-61(52,53)58-60(50,51)54-14-20-26(57-59(47,48)49)25(44)31(56-20)39-17-38-24-28(33)36-16-37-29(24)39/h6,13,16-17,20,25-27,31,44-45H,5,7-12,14-15H2,1-4H3,(H,34,40)(H,35,46)(H,41,42)(H,50,51)(H,52,53)(H2,33,36,37)(H2,47,48,49)/t20-,25-,26-,27+,31-/m1/s1. The number of amides is 2. The molecule has 0 aromatic carbocycles. The van der Waals surface area contributed by atoms with Crippen molar-refractivity contribution in [2.24, 2.45) is 5.41 Å². The summed E-state index contributed by atoms with van der Waals surface area (Å²) in [6, 6.07) is 0. The van der Waals surface area contributed by atoms with Crippen LogP contribution in [-0.2, 0) is 55.5 Å². The summed E-state index contributed by atoms with van der Waals surface area (Å²) in [4.78, 5) is 99.4. The Morgan fingerprint density at radius 1 is 1.03 bits per heavy atom. The van der Waals surface area contributed by atoms with E-state index in [9.17, 15) is 62.7 Å². The predicted molar refractivity (Wildman–Crippen MR) is 216 cm³/mol. The summed E-state index contributed by atoms with van der Waals surface area (Å²) in [5.41, 5.74) is 5.73. The van der Waals surface area contributed by atoms with E-state index in [1.54, 1.807) is 0 Å². The van der Waals surface area contributed by atoms with E-state index >= 15 is 0 Å². The van der Waals surface area contributed by atoms with E-state index in [1.807, 2.05) is 19.9 Å². The van der Waals surface area contributed by atoms with E-state index in [4.69, 9.17) is 24.6 Å². The van der Waals surface area contributed by atoms with Crippen molar-refractivity contribution < 1.29 is 90.4 Å². The SMILES string of the molecule is CC(C)=CCCC(=CC(=O)SCCNC(=O)CCNC(=O)[C@H](O)C(C)(C)COP(=O)(O)OP(=O)(O)OC[C@H]1O[C@@H](n2cnc3c(N)ncnc32)[C@H](O)[C@@H]1OP(=O)(O)O)CC(=O)O. The van der Waals surface area contributed by atoms with Crippen LogP contribution in [0.25, 0.3) is 11.2 Å². The van der Waals surface area contributed by atoms with E-state index in [0.29, 0.717) is 18.4 Å². The first-order valence-electron chi connectivity index (χ1n) is 18.3. The van der Waals surface area contributed by atoms with Gasteiger partial charge in [-0.15, -0.1) is 0 Å². The maximum atomic E-state index is 12.7. The molecule has 2 amide bonds. The lowest BCUT2D eigenvalue weighted by Crippen LogP contribution is -2.46. The Bertz CT molecular complexity index is 2130. The number of carbonyl (C=O) groups excluding carboxylic acids is 3. The number of hydrogen-bond donors (Lipinski definition) is 10. The number of fused-ring (bicyclic) bond motifs is 1. The first-order chi connectivity index (χ1) is 28.7. The minimum Gasteiger partial charge on any atom is -0.481 e. The fourth-order valence-electron chi connectivity index (χ4n) is 5.44. The van der Waals surface area contributed by atoms with Crippen LogP contribution >= 0.6 is 35.2 Å². The van der Waals surface area contributed by atoms with Crippen LogP contribution in [0.2, 0.25) is 0 Å². The molecule has 1 aliphatic heterocycles. The van der Waals surface area contributed by atoms with E-state index in [-0.39, 0.29) is 53.8 Å². The van der Waals surface area contributed by atoms with Crippen molar-refractivity contribution in [3.05, 3.63) is 36.0 Å². The number of anilines is 1. The van der Waals surface area contributed by atoms with Gasteiger partial charge < -0.3 is 56.0 Å². The van der Waals surface area contributed by atoms with Crippen LogP contribution in [-0.4, -0.2) is 134 Å². The predicted octanol–water partition coefficient (Wildman–Crippen LogP) is 0.812. The highest BCUT2D eigenvalue weighted by Crippen LogP contribution is 2.61. The van der Waals surface area contributed by atoms with Gasteiger partial charge in [0.2, 0.25) is 16.9 Å². The molecule has 2 unspecified atom stereocenters. The highest BCUT2D eigenvalue weighted by atomic mass is 32.2. The van der Waals surface area contributed by atoms with E-state index in [2.05, 4.69) is 34.4 Å². The van der Waals surface area contributed by atoms with Gasteiger partial charge in [0.15, 0.2) is 17.7 Å². The molecule has 2 aromatic heterocycles. The maximum Gasteiger partial charge on any atom is 0.481 e. The highest BCUT2D eigenvalue weighted by molar-refractivity contribution is 8.14. The molecular weight excluding hydrogens is 911 g/mol. The van der Waals surface area contributed by atoms with E-state index in [0.717, 1.165) is 34.6 Å². The van der Waals surface area contributed by atoms with Crippen molar-refractivity contribution in [2.75, 3.05) is 37.8 Å². The van der Waals surface area contributed by atoms with Crippen molar-refractivity contribution in [2.45, 2.75) is 84.0 Å². The number of carbonyl (C=O) groups is 4. The Labute approximate surface area is 358 Å². The number of carboxylic acid groups (broad SMARTS) is 1. The molecule has 1 aliphatic rings. The molecule has 0 saturated carbocycles. The number of phosphoric ester groups is 3. The zero-order chi connectivity index (χ0) is 46.6. The normalized spacial score (nSPS) is 20.8. The fraction of sp³-hybridized carbons (Fsp3) is 0.594. The van der Waals surface area contributed by atoms with Gasteiger partial charge >= 0.3 is 29.4 Å². The molecule has 0 radical (unpaired) electrons. The average Bonchev–Trinajstić information content (AvgIpc) is 3.71. The number of aliphatic hydroxyl groups excluding tert-OH is 2.